The fourth-order valence-corrected chi connectivity index (χ4v) is 5.33. The number of hydrogen-bond donors (Lipinski definition) is 3. The summed E-state index contributed by atoms with van der Waals surface area (Å²) in [5.74, 6) is -0.515. The second kappa shape index (κ2) is 6.45. The molecule has 4 N–H and O–H groups in total. The second-order valence-corrected chi connectivity index (χ2v) is 8.25. The zero-order chi connectivity index (χ0) is 19.3. The highest BCUT2D eigenvalue weighted by Crippen LogP contribution is 2.42. The van der Waals surface area contributed by atoms with E-state index in [1.807, 2.05) is 0 Å². The monoisotopic (exact) mass is 394 g/mol. The second-order valence-electron chi connectivity index (χ2n) is 7.24. The van der Waals surface area contributed by atoms with E-state index in [1.165, 1.54) is 17.5 Å². The van der Waals surface area contributed by atoms with Gasteiger partial charge in [0.15, 0.2) is 10.8 Å². The van der Waals surface area contributed by atoms with Crippen LogP contribution < -0.4 is 16.0 Å². The van der Waals surface area contributed by atoms with E-state index >= 15 is 0 Å². The Balaban J connectivity index is 1.41. The Morgan fingerprint density at radius 1 is 1.29 bits per heavy atom. The summed E-state index contributed by atoms with van der Waals surface area (Å²) in [6.07, 6.45) is 8.74. The van der Waals surface area contributed by atoms with Gasteiger partial charge in [-0.05, 0) is 25.7 Å². The van der Waals surface area contributed by atoms with Gasteiger partial charge in [-0.2, -0.15) is 5.26 Å². The van der Waals surface area contributed by atoms with E-state index in [9.17, 15) is 4.79 Å². The van der Waals surface area contributed by atoms with Crippen LogP contribution in [0.3, 0.4) is 0 Å². The third-order valence-corrected chi connectivity index (χ3v) is 6.54. The fourth-order valence-electron chi connectivity index (χ4n) is 4.48. The maximum atomic E-state index is 11.9. The van der Waals surface area contributed by atoms with E-state index in [1.54, 1.807) is 12.5 Å². The number of aromatic amines is 1. The van der Waals surface area contributed by atoms with Crippen LogP contribution in [-0.2, 0) is 0 Å². The van der Waals surface area contributed by atoms with Crippen molar-refractivity contribution in [1.29, 1.82) is 5.26 Å². The standard InChI is InChI=1S/C18H18N8OS/c19-5-12-6-22-18(28-12)26-10-1-2-11(26)4-9(3-10)25-14-13(16(20)27)7-21-17-15(14)23-8-24-17/h6-11H,1-4H2,(H2,20,27)(H2,21,23,24,25)/t9?,10-,11+. The number of imidazole rings is 1. The van der Waals surface area contributed by atoms with Crippen molar-refractivity contribution in [2.45, 2.75) is 43.8 Å². The maximum absolute atomic E-state index is 11.9. The quantitative estimate of drug-likeness (QED) is 0.615. The summed E-state index contributed by atoms with van der Waals surface area (Å²) in [7, 11) is 0. The van der Waals surface area contributed by atoms with E-state index in [4.69, 9.17) is 11.0 Å². The molecular formula is C18H18N8OS. The number of carbonyl (C=O) groups is 1. The average molecular weight is 394 g/mol. The first-order valence-electron chi connectivity index (χ1n) is 9.16. The molecule has 3 aromatic heterocycles. The Labute approximate surface area is 164 Å². The zero-order valence-electron chi connectivity index (χ0n) is 14.9. The molecule has 28 heavy (non-hydrogen) atoms. The number of amides is 1. The Hall–Kier alpha value is -3.19. The van der Waals surface area contributed by atoms with Gasteiger partial charge < -0.3 is 20.9 Å². The summed E-state index contributed by atoms with van der Waals surface area (Å²) < 4.78 is 0. The summed E-state index contributed by atoms with van der Waals surface area (Å²) >= 11 is 1.45. The molecule has 0 aromatic carbocycles. The summed E-state index contributed by atoms with van der Waals surface area (Å²) in [4.78, 5) is 30.8. The number of aromatic nitrogens is 4. The van der Waals surface area contributed by atoms with Crippen molar-refractivity contribution in [2.75, 3.05) is 10.2 Å². The number of nitrogens with two attached hydrogens (primary N) is 1. The molecule has 10 heteroatoms. The Bertz CT molecular complexity index is 1080. The largest absolute Gasteiger partial charge is 0.380 e. The number of hydrogen-bond acceptors (Lipinski definition) is 8. The van der Waals surface area contributed by atoms with Crippen LogP contribution in [0.25, 0.3) is 11.2 Å². The van der Waals surface area contributed by atoms with E-state index < -0.39 is 5.91 Å². The number of primary amides is 1. The number of carbonyl (C=O) groups excluding carboxylic acids is 1. The van der Waals surface area contributed by atoms with Crippen molar-refractivity contribution in [3.8, 4) is 6.07 Å². The van der Waals surface area contributed by atoms with E-state index in [0.717, 1.165) is 30.8 Å². The van der Waals surface area contributed by atoms with Crippen molar-refractivity contribution in [3.05, 3.63) is 29.2 Å². The van der Waals surface area contributed by atoms with Crippen LogP contribution in [0.15, 0.2) is 18.7 Å². The summed E-state index contributed by atoms with van der Waals surface area (Å²) in [6, 6.07) is 3.10. The van der Waals surface area contributed by atoms with Gasteiger partial charge in [0.2, 0.25) is 0 Å². The van der Waals surface area contributed by atoms with Gasteiger partial charge in [0, 0.05) is 24.3 Å². The van der Waals surface area contributed by atoms with Gasteiger partial charge in [-0.15, -0.1) is 0 Å². The lowest BCUT2D eigenvalue weighted by Gasteiger charge is -2.39. The molecular weight excluding hydrogens is 376 g/mol. The Kier molecular flexibility index (Phi) is 3.91. The molecule has 2 aliphatic heterocycles. The number of nitriles is 1. The minimum Gasteiger partial charge on any atom is -0.380 e. The van der Waals surface area contributed by atoms with Crippen LogP contribution in [0, 0.1) is 11.3 Å². The van der Waals surface area contributed by atoms with E-state index in [0.29, 0.717) is 39.4 Å². The van der Waals surface area contributed by atoms with Crippen molar-refractivity contribution in [2.24, 2.45) is 5.73 Å². The van der Waals surface area contributed by atoms with E-state index in [2.05, 4.69) is 36.2 Å². The van der Waals surface area contributed by atoms with Crippen molar-refractivity contribution in [3.63, 3.8) is 0 Å². The number of rotatable bonds is 4. The van der Waals surface area contributed by atoms with Crippen LogP contribution in [0.2, 0.25) is 0 Å². The lowest BCUT2D eigenvalue weighted by Crippen LogP contribution is -2.47. The fraction of sp³-hybridized carbons (Fsp3) is 0.389. The van der Waals surface area contributed by atoms with Crippen LogP contribution in [-0.4, -0.2) is 44.0 Å². The van der Waals surface area contributed by atoms with Gasteiger partial charge in [0.25, 0.3) is 5.91 Å². The molecule has 5 rings (SSSR count). The molecule has 0 saturated carbocycles. The van der Waals surface area contributed by atoms with Gasteiger partial charge in [-0.25, -0.2) is 15.0 Å². The lowest BCUT2D eigenvalue weighted by atomic mass is 9.97. The molecule has 142 valence electrons. The smallest absolute Gasteiger partial charge is 0.252 e. The molecule has 1 amide bonds. The summed E-state index contributed by atoms with van der Waals surface area (Å²) in [5.41, 5.74) is 7.86. The van der Waals surface area contributed by atoms with Crippen molar-refractivity contribution >= 4 is 39.2 Å². The maximum Gasteiger partial charge on any atom is 0.252 e. The highest BCUT2D eigenvalue weighted by molar-refractivity contribution is 7.16. The molecule has 3 atom stereocenters. The van der Waals surface area contributed by atoms with Gasteiger partial charge >= 0.3 is 0 Å². The first kappa shape index (κ1) is 16.9. The Morgan fingerprint density at radius 3 is 2.75 bits per heavy atom. The minimum absolute atomic E-state index is 0.205. The number of pyridine rings is 1. The Morgan fingerprint density at radius 2 is 2.07 bits per heavy atom. The minimum atomic E-state index is -0.515. The summed E-state index contributed by atoms with van der Waals surface area (Å²) in [6.45, 7) is 0. The molecule has 2 saturated heterocycles. The number of piperidine rings is 1. The molecule has 2 fully saturated rings. The number of anilines is 2. The molecule has 0 spiro atoms. The predicted octanol–water partition coefficient (Wildman–Crippen LogP) is 2.00. The van der Waals surface area contributed by atoms with Crippen LogP contribution in [0.4, 0.5) is 10.8 Å². The van der Waals surface area contributed by atoms with Gasteiger partial charge in [0.1, 0.15) is 16.5 Å². The summed E-state index contributed by atoms with van der Waals surface area (Å²) in [5, 5.41) is 13.6. The SMILES string of the molecule is N#Cc1cnc(N2[C@@H]3CC[C@H]2CC(Nc2c(C(N)=O)cnc4nc[nH]c24)C3)s1. The molecule has 9 nitrogen and oxygen atoms in total. The number of thiazole rings is 1. The van der Waals surface area contributed by atoms with Crippen LogP contribution >= 0.6 is 11.3 Å². The van der Waals surface area contributed by atoms with Crippen molar-refractivity contribution < 1.29 is 4.79 Å². The number of fused-ring (bicyclic) bond motifs is 3. The number of nitrogens with zero attached hydrogens (tertiary/aromatic N) is 5. The topological polar surface area (TPSA) is 137 Å². The first-order chi connectivity index (χ1) is 13.6. The molecule has 5 heterocycles. The van der Waals surface area contributed by atoms with Crippen LogP contribution in [0.1, 0.15) is 40.9 Å². The molecule has 2 bridgehead atoms. The predicted molar refractivity (Wildman–Crippen MR) is 105 cm³/mol. The number of nitrogens with one attached hydrogen (secondary N) is 2. The van der Waals surface area contributed by atoms with Gasteiger partial charge in [-0.3, -0.25) is 4.79 Å². The first-order valence-corrected chi connectivity index (χ1v) is 9.98. The highest BCUT2D eigenvalue weighted by Gasteiger charge is 2.42. The average Bonchev–Trinajstić information content (AvgIpc) is 3.39. The molecule has 1 unspecified atom stereocenters. The third kappa shape index (κ3) is 2.66. The molecule has 0 aliphatic carbocycles. The number of H-pyrrole nitrogens is 1. The normalized spacial score (nSPS) is 23.7. The van der Waals surface area contributed by atoms with E-state index in [-0.39, 0.29) is 6.04 Å². The van der Waals surface area contributed by atoms with Gasteiger partial charge in [-0.1, -0.05) is 11.3 Å². The van der Waals surface area contributed by atoms with Crippen molar-refractivity contribution in [1.82, 2.24) is 19.9 Å². The third-order valence-electron chi connectivity index (χ3n) is 5.63. The lowest BCUT2D eigenvalue weighted by molar-refractivity contribution is 0.100. The molecule has 2 aliphatic rings. The molecule has 0 radical (unpaired) electrons. The molecule has 3 aromatic rings. The van der Waals surface area contributed by atoms with Crippen LogP contribution in [0.5, 0.6) is 0 Å². The highest BCUT2D eigenvalue weighted by atomic mass is 32.1. The zero-order valence-corrected chi connectivity index (χ0v) is 15.7. The van der Waals surface area contributed by atoms with Gasteiger partial charge in [0.05, 0.1) is 23.8 Å².